The van der Waals surface area contributed by atoms with Crippen LogP contribution >= 0.6 is 0 Å². The first-order valence-electron chi connectivity index (χ1n) is 10.0. The molecule has 1 N–H and O–H groups in total. The number of hydrogen-bond acceptors (Lipinski definition) is 1. The number of aliphatic hydroxyl groups is 1. The molecule has 1 heteroatoms. The van der Waals surface area contributed by atoms with Gasteiger partial charge in [0.2, 0.25) is 0 Å². The van der Waals surface area contributed by atoms with E-state index in [0.717, 1.165) is 6.42 Å². The second kappa shape index (κ2) is 13.6. The van der Waals surface area contributed by atoms with Crippen LogP contribution in [0.4, 0.5) is 0 Å². The first kappa shape index (κ1) is 19.0. The third-order valence-electron chi connectivity index (χ3n) is 5.30. The van der Waals surface area contributed by atoms with Crippen LogP contribution in [0, 0.1) is 5.92 Å². The molecule has 1 rings (SSSR count). The fourth-order valence-corrected chi connectivity index (χ4v) is 3.77. The first-order chi connectivity index (χ1) is 10.3. The quantitative estimate of drug-likeness (QED) is 0.316. The third-order valence-corrected chi connectivity index (χ3v) is 5.30. The smallest absolute Gasteiger partial charge is 0.0568 e. The Morgan fingerprint density at radius 2 is 1.19 bits per heavy atom. The molecule has 0 radical (unpaired) electrons. The predicted octanol–water partition coefficient (Wildman–Crippen LogP) is 6.63. The molecule has 1 aliphatic carbocycles. The lowest BCUT2D eigenvalue weighted by Crippen LogP contribution is -2.19. The summed E-state index contributed by atoms with van der Waals surface area (Å²) in [4.78, 5) is 0. The molecule has 1 unspecified atom stereocenters. The molecule has 0 amide bonds. The van der Waals surface area contributed by atoms with Crippen LogP contribution in [-0.4, -0.2) is 11.2 Å². The Balaban J connectivity index is 1.86. The van der Waals surface area contributed by atoms with Crippen LogP contribution < -0.4 is 0 Å². The fourth-order valence-electron chi connectivity index (χ4n) is 3.77. The van der Waals surface area contributed by atoms with E-state index >= 15 is 0 Å². The predicted molar refractivity (Wildman–Crippen MR) is 93.7 cm³/mol. The highest BCUT2D eigenvalue weighted by Crippen LogP contribution is 2.27. The summed E-state index contributed by atoms with van der Waals surface area (Å²) in [5, 5.41) is 10.3. The van der Waals surface area contributed by atoms with Crippen LogP contribution in [0.25, 0.3) is 0 Å². The van der Waals surface area contributed by atoms with Crippen molar-refractivity contribution in [1.29, 1.82) is 0 Å². The molecular formula is C20H40O. The minimum atomic E-state index is -0.00264. The Hall–Kier alpha value is -0.0400. The molecular weight excluding hydrogens is 256 g/mol. The van der Waals surface area contributed by atoms with Crippen LogP contribution in [-0.2, 0) is 0 Å². The van der Waals surface area contributed by atoms with Gasteiger partial charge in [-0.3, -0.25) is 0 Å². The zero-order valence-electron chi connectivity index (χ0n) is 14.6. The average molecular weight is 297 g/mol. The molecule has 0 aliphatic heterocycles. The maximum Gasteiger partial charge on any atom is 0.0568 e. The normalized spacial score (nSPS) is 18.6. The summed E-state index contributed by atoms with van der Waals surface area (Å²) in [5.74, 6) is 0.617. The van der Waals surface area contributed by atoms with Crippen LogP contribution in [0.15, 0.2) is 0 Å². The molecule has 21 heavy (non-hydrogen) atoms. The van der Waals surface area contributed by atoms with Crippen LogP contribution in [0.2, 0.25) is 0 Å². The molecule has 0 spiro atoms. The number of rotatable bonds is 12. The van der Waals surface area contributed by atoms with Crippen molar-refractivity contribution in [3.05, 3.63) is 0 Å². The molecule has 1 fully saturated rings. The topological polar surface area (TPSA) is 20.2 Å². The summed E-state index contributed by atoms with van der Waals surface area (Å²) >= 11 is 0. The molecule has 0 saturated heterocycles. The van der Waals surface area contributed by atoms with E-state index < -0.39 is 0 Å². The maximum absolute atomic E-state index is 10.3. The van der Waals surface area contributed by atoms with E-state index in [1.807, 2.05) is 0 Å². The molecule has 1 aliphatic rings. The van der Waals surface area contributed by atoms with E-state index in [2.05, 4.69) is 6.92 Å². The SMILES string of the molecule is CCCCCCCCCCCCC(O)C1CCCCCC1. The van der Waals surface area contributed by atoms with Crippen molar-refractivity contribution in [2.75, 3.05) is 0 Å². The van der Waals surface area contributed by atoms with Gasteiger partial charge in [-0.15, -0.1) is 0 Å². The van der Waals surface area contributed by atoms with E-state index in [1.54, 1.807) is 0 Å². The summed E-state index contributed by atoms with van der Waals surface area (Å²) < 4.78 is 0. The zero-order chi connectivity index (χ0) is 15.2. The Labute approximate surface area is 133 Å². The Bertz CT molecular complexity index is 206. The summed E-state index contributed by atoms with van der Waals surface area (Å²) in [7, 11) is 0. The van der Waals surface area contributed by atoms with Crippen LogP contribution in [0.1, 0.15) is 116 Å². The molecule has 0 aromatic rings. The third kappa shape index (κ3) is 10.3. The molecule has 0 heterocycles. The summed E-state index contributed by atoms with van der Waals surface area (Å²) in [5.41, 5.74) is 0. The first-order valence-corrected chi connectivity index (χ1v) is 10.0. The van der Waals surface area contributed by atoms with Gasteiger partial charge < -0.3 is 5.11 Å². The standard InChI is InChI=1S/C20H40O/c1-2-3-4-5-6-7-8-9-10-15-18-20(21)19-16-13-11-12-14-17-19/h19-21H,2-18H2,1H3. The van der Waals surface area contributed by atoms with Crippen molar-refractivity contribution in [2.24, 2.45) is 5.92 Å². The lowest BCUT2D eigenvalue weighted by molar-refractivity contribution is 0.0874. The van der Waals surface area contributed by atoms with E-state index in [4.69, 9.17) is 0 Å². The van der Waals surface area contributed by atoms with Gasteiger partial charge >= 0.3 is 0 Å². The fraction of sp³-hybridized carbons (Fsp3) is 1.00. The molecule has 1 saturated carbocycles. The van der Waals surface area contributed by atoms with E-state index in [0.29, 0.717) is 5.92 Å². The van der Waals surface area contributed by atoms with Gasteiger partial charge in [0.1, 0.15) is 0 Å². The average Bonchev–Trinajstić information content (AvgIpc) is 2.78. The van der Waals surface area contributed by atoms with E-state index in [9.17, 15) is 5.11 Å². The maximum atomic E-state index is 10.3. The highest BCUT2D eigenvalue weighted by Gasteiger charge is 2.19. The van der Waals surface area contributed by atoms with Gasteiger partial charge in [0, 0.05) is 0 Å². The lowest BCUT2D eigenvalue weighted by atomic mass is 9.90. The zero-order valence-corrected chi connectivity index (χ0v) is 14.6. The van der Waals surface area contributed by atoms with Gasteiger partial charge in [0.15, 0.2) is 0 Å². The number of unbranched alkanes of at least 4 members (excludes halogenated alkanes) is 9. The number of aliphatic hydroxyl groups excluding tert-OH is 1. The van der Waals surface area contributed by atoms with Crippen molar-refractivity contribution in [1.82, 2.24) is 0 Å². The highest BCUT2D eigenvalue weighted by molar-refractivity contribution is 4.72. The Kier molecular flexibility index (Phi) is 12.3. The van der Waals surface area contributed by atoms with Crippen LogP contribution in [0.5, 0.6) is 0 Å². The monoisotopic (exact) mass is 296 g/mol. The van der Waals surface area contributed by atoms with Crippen molar-refractivity contribution in [3.63, 3.8) is 0 Å². The highest BCUT2D eigenvalue weighted by atomic mass is 16.3. The van der Waals surface area contributed by atoms with Crippen molar-refractivity contribution in [3.8, 4) is 0 Å². The molecule has 0 aromatic carbocycles. The molecule has 0 bridgehead atoms. The van der Waals surface area contributed by atoms with Gasteiger partial charge in [0.25, 0.3) is 0 Å². The van der Waals surface area contributed by atoms with Gasteiger partial charge in [-0.2, -0.15) is 0 Å². The minimum absolute atomic E-state index is 0.00264. The Morgan fingerprint density at radius 1 is 0.714 bits per heavy atom. The van der Waals surface area contributed by atoms with Crippen molar-refractivity contribution >= 4 is 0 Å². The Morgan fingerprint density at radius 3 is 1.71 bits per heavy atom. The lowest BCUT2D eigenvalue weighted by Gasteiger charge is -2.21. The van der Waals surface area contributed by atoms with Crippen LogP contribution in [0.3, 0.4) is 0 Å². The van der Waals surface area contributed by atoms with Crippen molar-refractivity contribution < 1.29 is 5.11 Å². The van der Waals surface area contributed by atoms with Gasteiger partial charge in [0.05, 0.1) is 6.10 Å². The second-order valence-electron chi connectivity index (χ2n) is 7.29. The minimum Gasteiger partial charge on any atom is -0.393 e. The summed E-state index contributed by atoms with van der Waals surface area (Å²) in [6, 6.07) is 0. The summed E-state index contributed by atoms with van der Waals surface area (Å²) in [6.45, 7) is 2.28. The van der Waals surface area contributed by atoms with E-state index in [1.165, 1.54) is 103 Å². The van der Waals surface area contributed by atoms with Gasteiger partial charge in [-0.05, 0) is 25.2 Å². The molecule has 0 aromatic heterocycles. The van der Waals surface area contributed by atoms with Crippen molar-refractivity contribution in [2.45, 2.75) is 122 Å². The largest absolute Gasteiger partial charge is 0.393 e. The molecule has 1 nitrogen and oxygen atoms in total. The summed E-state index contributed by atoms with van der Waals surface area (Å²) in [6.07, 6.45) is 22.9. The van der Waals surface area contributed by atoms with Gasteiger partial charge in [-0.1, -0.05) is 96.8 Å². The number of hydrogen-bond donors (Lipinski definition) is 1. The molecule has 126 valence electrons. The molecule has 1 atom stereocenters. The van der Waals surface area contributed by atoms with Gasteiger partial charge in [-0.25, -0.2) is 0 Å². The van der Waals surface area contributed by atoms with E-state index in [-0.39, 0.29) is 6.10 Å². The second-order valence-corrected chi connectivity index (χ2v) is 7.29.